The summed E-state index contributed by atoms with van der Waals surface area (Å²) in [5.41, 5.74) is 6.94. The molecule has 2 rings (SSSR count). The van der Waals surface area contributed by atoms with E-state index in [1.54, 1.807) is 6.20 Å². The van der Waals surface area contributed by atoms with Gasteiger partial charge in [0.05, 0.1) is 11.9 Å². The molecular weight excluding hydrogens is 264 g/mol. The van der Waals surface area contributed by atoms with Crippen molar-refractivity contribution in [3.63, 3.8) is 0 Å². The fourth-order valence-corrected chi connectivity index (χ4v) is 3.01. The van der Waals surface area contributed by atoms with Crippen molar-refractivity contribution in [2.45, 2.75) is 38.5 Å². The molecule has 0 aliphatic heterocycles. The van der Waals surface area contributed by atoms with Crippen molar-refractivity contribution in [3.8, 4) is 0 Å². The van der Waals surface area contributed by atoms with E-state index in [9.17, 15) is 4.79 Å². The molecule has 0 spiro atoms. The van der Waals surface area contributed by atoms with Crippen LogP contribution in [-0.2, 0) is 4.79 Å². The van der Waals surface area contributed by atoms with Crippen LogP contribution in [0.1, 0.15) is 38.5 Å². The first-order valence-corrected chi connectivity index (χ1v) is 7.68. The minimum absolute atomic E-state index is 0.00803. The number of pyridine rings is 1. The van der Waals surface area contributed by atoms with E-state index in [0.29, 0.717) is 18.8 Å². The molecule has 1 aromatic rings. The van der Waals surface area contributed by atoms with Crippen molar-refractivity contribution in [1.82, 2.24) is 4.98 Å². The number of hydrogen-bond donors (Lipinski definition) is 2. The van der Waals surface area contributed by atoms with Gasteiger partial charge in [0.2, 0.25) is 5.91 Å². The molecule has 1 heterocycles. The summed E-state index contributed by atoms with van der Waals surface area (Å²) in [7, 11) is 3.92. The predicted octanol–water partition coefficient (Wildman–Crippen LogP) is 2.39. The Hall–Kier alpha value is -1.62. The molecule has 1 fully saturated rings. The molecule has 0 aromatic carbocycles. The predicted molar refractivity (Wildman–Crippen MR) is 86.4 cm³/mol. The second-order valence-electron chi connectivity index (χ2n) is 6.29. The van der Waals surface area contributed by atoms with Crippen molar-refractivity contribution in [1.29, 1.82) is 0 Å². The van der Waals surface area contributed by atoms with Crippen LogP contribution in [0, 0.1) is 5.41 Å². The summed E-state index contributed by atoms with van der Waals surface area (Å²) in [5.74, 6) is 0.626. The van der Waals surface area contributed by atoms with Gasteiger partial charge >= 0.3 is 0 Å². The first kappa shape index (κ1) is 15.8. The zero-order chi connectivity index (χ0) is 15.3. The minimum Gasteiger partial charge on any atom is -0.376 e. The zero-order valence-electron chi connectivity index (χ0n) is 13.1. The summed E-state index contributed by atoms with van der Waals surface area (Å²) in [6.07, 6.45) is 8.00. The minimum atomic E-state index is -0.00803. The molecule has 5 nitrogen and oxygen atoms in total. The SMILES string of the molecule is CN(C)c1ccc(NC(=O)CC2(CN)CCCCC2)nc1. The largest absolute Gasteiger partial charge is 0.376 e. The number of rotatable bonds is 5. The topological polar surface area (TPSA) is 71.2 Å². The lowest BCUT2D eigenvalue weighted by atomic mass is 9.71. The second-order valence-corrected chi connectivity index (χ2v) is 6.29. The molecule has 1 amide bonds. The number of amides is 1. The number of nitrogens with two attached hydrogens (primary N) is 1. The summed E-state index contributed by atoms with van der Waals surface area (Å²) in [4.78, 5) is 18.5. The Morgan fingerprint density at radius 3 is 2.57 bits per heavy atom. The van der Waals surface area contributed by atoms with Crippen molar-refractivity contribution in [2.75, 3.05) is 30.9 Å². The molecule has 0 unspecified atom stereocenters. The van der Waals surface area contributed by atoms with E-state index in [1.807, 2.05) is 31.1 Å². The van der Waals surface area contributed by atoms with Gasteiger partial charge in [0.1, 0.15) is 5.82 Å². The molecule has 5 heteroatoms. The molecule has 1 aliphatic carbocycles. The summed E-state index contributed by atoms with van der Waals surface area (Å²) in [6, 6.07) is 3.78. The number of aromatic nitrogens is 1. The summed E-state index contributed by atoms with van der Waals surface area (Å²) < 4.78 is 0. The van der Waals surface area contributed by atoms with Crippen LogP contribution in [0.2, 0.25) is 0 Å². The average Bonchev–Trinajstić information content (AvgIpc) is 2.48. The van der Waals surface area contributed by atoms with Gasteiger partial charge in [-0.1, -0.05) is 19.3 Å². The summed E-state index contributed by atoms with van der Waals surface area (Å²) in [5, 5.41) is 2.89. The number of anilines is 2. The Balaban J connectivity index is 1.94. The highest BCUT2D eigenvalue weighted by Crippen LogP contribution is 2.38. The Kier molecular flexibility index (Phi) is 5.17. The Morgan fingerprint density at radius 1 is 1.33 bits per heavy atom. The highest BCUT2D eigenvalue weighted by atomic mass is 16.1. The third-order valence-corrected chi connectivity index (χ3v) is 4.41. The number of nitrogens with zero attached hydrogens (tertiary/aromatic N) is 2. The van der Waals surface area contributed by atoms with Crippen LogP contribution < -0.4 is 16.0 Å². The maximum Gasteiger partial charge on any atom is 0.226 e. The molecule has 0 atom stereocenters. The fraction of sp³-hybridized carbons (Fsp3) is 0.625. The van der Waals surface area contributed by atoms with Gasteiger partial charge in [-0.3, -0.25) is 4.79 Å². The first-order valence-electron chi connectivity index (χ1n) is 7.68. The molecule has 1 aliphatic rings. The van der Waals surface area contributed by atoms with Gasteiger partial charge < -0.3 is 16.0 Å². The van der Waals surface area contributed by atoms with E-state index in [4.69, 9.17) is 5.73 Å². The zero-order valence-corrected chi connectivity index (χ0v) is 13.1. The van der Waals surface area contributed by atoms with E-state index >= 15 is 0 Å². The Bertz CT molecular complexity index is 464. The highest BCUT2D eigenvalue weighted by molar-refractivity contribution is 5.90. The Labute approximate surface area is 126 Å². The lowest BCUT2D eigenvalue weighted by Gasteiger charge is -2.35. The second kappa shape index (κ2) is 6.89. The third-order valence-electron chi connectivity index (χ3n) is 4.41. The summed E-state index contributed by atoms with van der Waals surface area (Å²) >= 11 is 0. The van der Waals surface area contributed by atoms with Crippen molar-refractivity contribution in [2.24, 2.45) is 11.1 Å². The molecule has 116 valence electrons. The van der Waals surface area contributed by atoms with Crippen LogP contribution in [-0.4, -0.2) is 31.5 Å². The smallest absolute Gasteiger partial charge is 0.226 e. The van der Waals surface area contributed by atoms with Crippen LogP contribution >= 0.6 is 0 Å². The normalized spacial score (nSPS) is 17.3. The van der Waals surface area contributed by atoms with Gasteiger partial charge in [0.25, 0.3) is 0 Å². The third kappa shape index (κ3) is 4.17. The quantitative estimate of drug-likeness (QED) is 0.873. The van der Waals surface area contributed by atoms with E-state index < -0.39 is 0 Å². The Morgan fingerprint density at radius 2 is 2.05 bits per heavy atom. The number of hydrogen-bond acceptors (Lipinski definition) is 4. The van der Waals surface area contributed by atoms with Crippen molar-refractivity contribution >= 4 is 17.4 Å². The highest BCUT2D eigenvalue weighted by Gasteiger charge is 2.32. The van der Waals surface area contributed by atoms with Gasteiger partial charge in [-0.15, -0.1) is 0 Å². The number of carbonyl (C=O) groups excluding carboxylic acids is 1. The number of carbonyl (C=O) groups is 1. The van der Waals surface area contributed by atoms with Crippen LogP contribution in [0.3, 0.4) is 0 Å². The van der Waals surface area contributed by atoms with Crippen LogP contribution in [0.15, 0.2) is 18.3 Å². The van der Waals surface area contributed by atoms with E-state index in [2.05, 4.69) is 10.3 Å². The molecule has 0 saturated heterocycles. The van der Waals surface area contributed by atoms with Gasteiger partial charge in [0, 0.05) is 20.5 Å². The lowest BCUT2D eigenvalue weighted by Crippen LogP contribution is -2.36. The van der Waals surface area contributed by atoms with E-state index in [1.165, 1.54) is 19.3 Å². The fourth-order valence-electron chi connectivity index (χ4n) is 3.01. The van der Waals surface area contributed by atoms with Crippen LogP contribution in [0.25, 0.3) is 0 Å². The molecule has 1 saturated carbocycles. The molecular formula is C16H26N4O. The van der Waals surface area contributed by atoms with Crippen LogP contribution in [0.4, 0.5) is 11.5 Å². The molecule has 0 bridgehead atoms. The average molecular weight is 290 g/mol. The number of nitrogens with one attached hydrogen (secondary N) is 1. The van der Waals surface area contributed by atoms with Crippen LogP contribution in [0.5, 0.6) is 0 Å². The standard InChI is InChI=1S/C16H26N4O/c1-20(2)13-6-7-14(18-11-13)19-15(21)10-16(12-17)8-4-3-5-9-16/h6-7,11H,3-5,8-10,12,17H2,1-2H3,(H,18,19,21). The van der Waals surface area contributed by atoms with E-state index in [-0.39, 0.29) is 11.3 Å². The van der Waals surface area contributed by atoms with Gasteiger partial charge in [-0.25, -0.2) is 4.98 Å². The molecule has 3 N–H and O–H groups in total. The van der Waals surface area contributed by atoms with Crippen molar-refractivity contribution < 1.29 is 4.79 Å². The maximum absolute atomic E-state index is 12.2. The maximum atomic E-state index is 12.2. The van der Waals surface area contributed by atoms with Gasteiger partial charge in [-0.05, 0) is 36.9 Å². The van der Waals surface area contributed by atoms with Crippen molar-refractivity contribution in [3.05, 3.63) is 18.3 Å². The van der Waals surface area contributed by atoms with Gasteiger partial charge in [-0.2, -0.15) is 0 Å². The van der Waals surface area contributed by atoms with Gasteiger partial charge in [0.15, 0.2) is 0 Å². The molecule has 21 heavy (non-hydrogen) atoms. The van der Waals surface area contributed by atoms with E-state index in [0.717, 1.165) is 18.5 Å². The summed E-state index contributed by atoms with van der Waals surface area (Å²) in [6.45, 7) is 0.591. The first-order chi connectivity index (χ1) is 10.0. The lowest BCUT2D eigenvalue weighted by molar-refractivity contribution is -0.118. The molecule has 0 radical (unpaired) electrons. The molecule has 1 aromatic heterocycles. The monoisotopic (exact) mass is 290 g/mol.